The van der Waals surface area contributed by atoms with Crippen molar-refractivity contribution in [1.29, 1.82) is 0 Å². The van der Waals surface area contributed by atoms with Gasteiger partial charge in [0.1, 0.15) is 11.6 Å². The highest BCUT2D eigenvalue weighted by atomic mass is 19.1. The zero-order chi connectivity index (χ0) is 15.4. The van der Waals surface area contributed by atoms with Crippen LogP contribution in [0.5, 0.6) is 5.75 Å². The summed E-state index contributed by atoms with van der Waals surface area (Å²) in [6.45, 7) is 8.46. The van der Waals surface area contributed by atoms with Gasteiger partial charge in [0.05, 0.1) is 6.10 Å². The summed E-state index contributed by atoms with van der Waals surface area (Å²) in [5, 5.41) is 3.28. The van der Waals surface area contributed by atoms with E-state index in [1.54, 1.807) is 6.07 Å². The standard InChI is InChI=1S/C18H22FNO/c1-12(2)21-16-6-8-18(14(4)10-16)20-11-15-9-13(3)5-7-17(15)19/h5-10,12,20H,11H2,1-4H3. The summed E-state index contributed by atoms with van der Waals surface area (Å²) < 4.78 is 19.4. The van der Waals surface area contributed by atoms with Crippen LogP contribution in [0.15, 0.2) is 36.4 Å². The number of nitrogens with one attached hydrogen (secondary N) is 1. The molecule has 0 amide bonds. The first-order chi connectivity index (χ1) is 9.95. The Morgan fingerprint density at radius 1 is 1.10 bits per heavy atom. The maximum atomic E-state index is 13.7. The second-order valence-electron chi connectivity index (χ2n) is 5.59. The molecule has 0 aromatic heterocycles. The van der Waals surface area contributed by atoms with E-state index in [1.165, 1.54) is 6.07 Å². The smallest absolute Gasteiger partial charge is 0.128 e. The molecule has 3 heteroatoms. The minimum absolute atomic E-state index is 0.157. The van der Waals surface area contributed by atoms with Crippen molar-refractivity contribution in [2.45, 2.75) is 40.3 Å². The zero-order valence-electron chi connectivity index (χ0n) is 13.0. The zero-order valence-corrected chi connectivity index (χ0v) is 13.0. The Labute approximate surface area is 126 Å². The highest BCUT2D eigenvalue weighted by Gasteiger charge is 2.05. The van der Waals surface area contributed by atoms with Gasteiger partial charge < -0.3 is 10.1 Å². The molecule has 112 valence electrons. The third-order valence-electron chi connectivity index (χ3n) is 3.24. The van der Waals surface area contributed by atoms with E-state index >= 15 is 0 Å². The fourth-order valence-corrected chi connectivity index (χ4v) is 2.21. The topological polar surface area (TPSA) is 21.3 Å². The summed E-state index contributed by atoms with van der Waals surface area (Å²) in [6, 6.07) is 11.1. The maximum absolute atomic E-state index is 13.7. The molecule has 0 unspecified atom stereocenters. The molecule has 0 aliphatic carbocycles. The van der Waals surface area contributed by atoms with Crippen molar-refractivity contribution >= 4 is 5.69 Å². The van der Waals surface area contributed by atoms with Crippen molar-refractivity contribution in [2.75, 3.05) is 5.32 Å². The number of ether oxygens (including phenoxy) is 1. The quantitative estimate of drug-likeness (QED) is 0.849. The fourth-order valence-electron chi connectivity index (χ4n) is 2.21. The van der Waals surface area contributed by atoms with Crippen molar-refractivity contribution < 1.29 is 9.13 Å². The number of hydrogen-bond donors (Lipinski definition) is 1. The van der Waals surface area contributed by atoms with Crippen LogP contribution >= 0.6 is 0 Å². The van der Waals surface area contributed by atoms with Crippen LogP contribution in [0.2, 0.25) is 0 Å². The molecule has 2 aromatic carbocycles. The van der Waals surface area contributed by atoms with Gasteiger partial charge >= 0.3 is 0 Å². The lowest BCUT2D eigenvalue weighted by molar-refractivity contribution is 0.242. The molecule has 0 atom stereocenters. The van der Waals surface area contributed by atoms with Crippen LogP contribution in [-0.4, -0.2) is 6.10 Å². The number of rotatable bonds is 5. The first kappa shape index (κ1) is 15.4. The molecule has 0 fully saturated rings. The third kappa shape index (κ3) is 4.22. The molecule has 0 heterocycles. The molecule has 0 aliphatic heterocycles. The van der Waals surface area contributed by atoms with Crippen LogP contribution in [0.3, 0.4) is 0 Å². The summed E-state index contributed by atoms with van der Waals surface area (Å²) in [6.07, 6.45) is 0.157. The van der Waals surface area contributed by atoms with Crippen LogP contribution in [0.25, 0.3) is 0 Å². The Bertz CT molecular complexity index is 623. The molecule has 0 saturated heterocycles. The van der Waals surface area contributed by atoms with Gasteiger partial charge in [-0.2, -0.15) is 0 Å². The predicted octanol–water partition coefficient (Wildman–Crippen LogP) is 4.84. The molecule has 2 aromatic rings. The molecule has 2 rings (SSSR count). The number of hydrogen-bond acceptors (Lipinski definition) is 2. The van der Waals surface area contributed by atoms with E-state index in [9.17, 15) is 4.39 Å². The van der Waals surface area contributed by atoms with Crippen LogP contribution < -0.4 is 10.1 Å². The highest BCUT2D eigenvalue weighted by Crippen LogP contribution is 2.23. The molecule has 0 bridgehead atoms. The van der Waals surface area contributed by atoms with Crippen molar-refractivity contribution in [2.24, 2.45) is 0 Å². The fraction of sp³-hybridized carbons (Fsp3) is 0.333. The van der Waals surface area contributed by atoms with Gasteiger partial charge in [-0.3, -0.25) is 0 Å². The Hall–Kier alpha value is -2.03. The molecule has 2 nitrogen and oxygen atoms in total. The van der Waals surface area contributed by atoms with E-state index in [2.05, 4.69) is 5.32 Å². The average Bonchev–Trinajstić information content (AvgIpc) is 2.41. The third-order valence-corrected chi connectivity index (χ3v) is 3.24. The van der Waals surface area contributed by atoms with Crippen molar-refractivity contribution in [3.05, 3.63) is 58.9 Å². The minimum atomic E-state index is -0.175. The van der Waals surface area contributed by atoms with E-state index in [1.807, 2.05) is 52.0 Å². The van der Waals surface area contributed by atoms with Gasteiger partial charge in [-0.1, -0.05) is 17.7 Å². The van der Waals surface area contributed by atoms with Crippen molar-refractivity contribution in [3.63, 3.8) is 0 Å². The van der Waals surface area contributed by atoms with E-state index in [0.29, 0.717) is 12.1 Å². The summed E-state index contributed by atoms with van der Waals surface area (Å²) >= 11 is 0. The van der Waals surface area contributed by atoms with Crippen LogP contribution in [0, 0.1) is 19.7 Å². The highest BCUT2D eigenvalue weighted by molar-refractivity contribution is 5.54. The van der Waals surface area contributed by atoms with Gasteiger partial charge in [-0.15, -0.1) is 0 Å². The summed E-state index contributed by atoms with van der Waals surface area (Å²) in [5.41, 5.74) is 3.82. The van der Waals surface area contributed by atoms with Crippen molar-refractivity contribution in [3.8, 4) is 5.75 Å². The number of benzene rings is 2. The number of aryl methyl sites for hydroxylation is 2. The molecule has 0 saturated carbocycles. The molecule has 0 radical (unpaired) electrons. The van der Waals surface area contributed by atoms with E-state index in [4.69, 9.17) is 4.74 Å². The summed E-state index contributed by atoms with van der Waals surface area (Å²) in [4.78, 5) is 0. The minimum Gasteiger partial charge on any atom is -0.491 e. The predicted molar refractivity (Wildman–Crippen MR) is 85.4 cm³/mol. The maximum Gasteiger partial charge on any atom is 0.128 e. The van der Waals surface area contributed by atoms with E-state index in [-0.39, 0.29) is 11.9 Å². The summed E-state index contributed by atoms with van der Waals surface area (Å²) in [5.74, 6) is 0.681. The van der Waals surface area contributed by atoms with E-state index < -0.39 is 0 Å². The SMILES string of the molecule is Cc1ccc(F)c(CNc2ccc(OC(C)C)cc2C)c1. The van der Waals surface area contributed by atoms with Crippen LogP contribution in [-0.2, 0) is 6.54 Å². The molecular weight excluding hydrogens is 265 g/mol. The Balaban J connectivity index is 2.08. The summed E-state index contributed by atoms with van der Waals surface area (Å²) in [7, 11) is 0. The molecule has 0 spiro atoms. The molecule has 21 heavy (non-hydrogen) atoms. The van der Waals surface area contributed by atoms with E-state index in [0.717, 1.165) is 22.6 Å². The number of halogens is 1. The van der Waals surface area contributed by atoms with Crippen LogP contribution in [0.1, 0.15) is 30.5 Å². The lowest BCUT2D eigenvalue weighted by Gasteiger charge is -2.14. The Morgan fingerprint density at radius 2 is 1.86 bits per heavy atom. The molecule has 0 aliphatic rings. The van der Waals surface area contributed by atoms with Gasteiger partial charge in [-0.25, -0.2) is 4.39 Å². The van der Waals surface area contributed by atoms with Gasteiger partial charge in [0.15, 0.2) is 0 Å². The lowest BCUT2D eigenvalue weighted by Crippen LogP contribution is -2.07. The molecule has 1 N–H and O–H groups in total. The lowest BCUT2D eigenvalue weighted by atomic mass is 10.1. The monoisotopic (exact) mass is 287 g/mol. The first-order valence-electron chi connectivity index (χ1n) is 7.22. The van der Waals surface area contributed by atoms with Gasteiger partial charge in [0, 0.05) is 17.8 Å². The van der Waals surface area contributed by atoms with Gasteiger partial charge in [-0.05, 0) is 57.5 Å². The second kappa shape index (κ2) is 6.61. The second-order valence-corrected chi connectivity index (χ2v) is 5.59. The number of anilines is 1. The van der Waals surface area contributed by atoms with Gasteiger partial charge in [0.25, 0.3) is 0 Å². The van der Waals surface area contributed by atoms with Crippen molar-refractivity contribution in [1.82, 2.24) is 0 Å². The van der Waals surface area contributed by atoms with Gasteiger partial charge in [0.2, 0.25) is 0 Å². The Kier molecular flexibility index (Phi) is 4.84. The largest absolute Gasteiger partial charge is 0.491 e. The normalized spacial score (nSPS) is 10.8. The van der Waals surface area contributed by atoms with Crippen LogP contribution in [0.4, 0.5) is 10.1 Å². The Morgan fingerprint density at radius 3 is 2.52 bits per heavy atom. The first-order valence-corrected chi connectivity index (χ1v) is 7.22. The molecular formula is C18H22FNO. The average molecular weight is 287 g/mol.